The van der Waals surface area contributed by atoms with E-state index in [2.05, 4.69) is 4.98 Å². The molecule has 100 valence electrons. The van der Waals surface area contributed by atoms with E-state index in [9.17, 15) is 9.59 Å². The summed E-state index contributed by atoms with van der Waals surface area (Å²) in [5.74, 6) is -0.458. The molecule has 0 spiro atoms. The monoisotopic (exact) mass is 260 g/mol. The number of amides is 1. The van der Waals surface area contributed by atoms with Gasteiger partial charge in [-0.05, 0) is 31.4 Å². The lowest BCUT2D eigenvalue weighted by Gasteiger charge is -2.55. The number of aromatic nitrogens is 1. The van der Waals surface area contributed by atoms with Crippen LogP contribution in [-0.2, 0) is 9.53 Å². The highest BCUT2D eigenvalue weighted by Crippen LogP contribution is 2.42. The fourth-order valence-corrected chi connectivity index (χ4v) is 3.18. The lowest BCUT2D eigenvalue weighted by Crippen LogP contribution is -2.65. The van der Waals surface area contributed by atoms with E-state index in [0.717, 1.165) is 19.3 Å². The van der Waals surface area contributed by atoms with Gasteiger partial charge in [0.2, 0.25) is 0 Å². The van der Waals surface area contributed by atoms with Crippen LogP contribution in [0.4, 0.5) is 0 Å². The molecule has 1 aromatic heterocycles. The number of carbonyl (C=O) groups excluding carboxylic acids is 2. The van der Waals surface area contributed by atoms with E-state index in [1.807, 2.05) is 4.90 Å². The van der Waals surface area contributed by atoms with Crippen molar-refractivity contribution in [1.82, 2.24) is 9.88 Å². The zero-order valence-electron chi connectivity index (χ0n) is 10.8. The van der Waals surface area contributed by atoms with Crippen molar-refractivity contribution in [3.8, 4) is 0 Å². The van der Waals surface area contributed by atoms with Gasteiger partial charge in [-0.1, -0.05) is 6.07 Å². The highest BCUT2D eigenvalue weighted by atomic mass is 16.5. The van der Waals surface area contributed by atoms with E-state index in [0.29, 0.717) is 5.69 Å². The first kappa shape index (κ1) is 12.1. The smallest absolute Gasteiger partial charge is 0.310 e. The Labute approximate surface area is 111 Å². The number of esters is 1. The Bertz CT molecular complexity index is 501. The second-order valence-electron chi connectivity index (χ2n) is 5.09. The second kappa shape index (κ2) is 4.64. The Balaban J connectivity index is 1.79. The number of nitrogens with zero attached hydrogens (tertiary/aromatic N) is 2. The first-order valence-electron chi connectivity index (χ1n) is 6.54. The van der Waals surface area contributed by atoms with Crippen molar-refractivity contribution in [3.05, 3.63) is 30.1 Å². The first-order chi connectivity index (χ1) is 9.22. The molecule has 3 heterocycles. The van der Waals surface area contributed by atoms with Gasteiger partial charge in [-0.25, -0.2) is 0 Å². The molecular formula is C14H16N2O3. The maximum Gasteiger partial charge on any atom is 0.310 e. The summed E-state index contributed by atoms with van der Waals surface area (Å²) in [5, 5.41) is 0. The summed E-state index contributed by atoms with van der Waals surface area (Å²) in [6.07, 6.45) is 4.20. The molecule has 3 unspecified atom stereocenters. The molecule has 1 aromatic rings. The third-order valence-electron chi connectivity index (χ3n) is 4.16. The van der Waals surface area contributed by atoms with Crippen molar-refractivity contribution >= 4 is 11.9 Å². The van der Waals surface area contributed by atoms with Crippen LogP contribution >= 0.6 is 0 Å². The number of methoxy groups -OCH3 is 1. The van der Waals surface area contributed by atoms with Crippen LogP contribution in [-0.4, -0.2) is 41.0 Å². The minimum atomic E-state index is -0.207. The predicted octanol–water partition coefficient (Wildman–Crippen LogP) is 1.25. The fourth-order valence-electron chi connectivity index (χ4n) is 3.18. The van der Waals surface area contributed by atoms with Gasteiger partial charge < -0.3 is 9.64 Å². The van der Waals surface area contributed by atoms with Crippen LogP contribution in [0.2, 0.25) is 0 Å². The molecular weight excluding hydrogens is 244 g/mol. The molecule has 0 aromatic carbocycles. The molecule has 5 heteroatoms. The number of hydrogen-bond donors (Lipinski definition) is 0. The summed E-state index contributed by atoms with van der Waals surface area (Å²) in [6, 6.07) is 5.54. The number of carbonyl (C=O) groups is 2. The van der Waals surface area contributed by atoms with Gasteiger partial charge in [0.15, 0.2) is 0 Å². The van der Waals surface area contributed by atoms with Crippen LogP contribution in [0.3, 0.4) is 0 Å². The Morgan fingerprint density at radius 1 is 1.37 bits per heavy atom. The number of rotatable bonds is 2. The molecule has 1 aliphatic carbocycles. The number of piperidine rings is 1. The molecule has 2 bridgehead atoms. The molecule has 0 radical (unpaired) electrons. The first-order valence-corrected chi connectivity index (χ1v) is 6.54. The van der Waals surface area contributed by atoms with Crippen molar-refractivity contribution in [1.29, 1.82) is 0 Å². The van der Waals surface area contributed by atoms with Crippen molar-refractivity contribution in [2.75, 3.05) is 7.11 Å². The van der Waals surface area contributed by atoms with Gasteiger partial charge in [0.05, 0.1) is 13.0 Å². The summed E-state index contributed by atoms with van der Waals surface area (Å²) in [5.41, 5.74) is 0.447. The van der Waals surface area contributed by atoms with E-state index in [1.165, 1.54) is 7.11 Å². The third-order valence-corrected chi connectivity index (χ3v) is 4.16. The molecule has 2 aliphatic heterocycles. The van der Waals surface area contributed by atoms with E-state index in [-0.39, 0.29) is 29.9 Å². The largest absolute Gasteiger partial charge is 0.469 e. The zero-order chi connectivity index (χ0) is 13.4. The van der Waals surface area contributed by atoms with E-state index >= 15 is 0 Å². The van der Waals surface area contributed by atoms with Crippen LogP contribution in [0.25, 0.3) is 0 Å². The number of hydrogen-bond acceptors (Lipinski definition) is 4. The quantitative estimate of drug-likeness (QED) is 0.751. The minimum Gasteiger partial charge on any atom is -0.469 e. The molecule has 4 rings (SSSR count). The van der Waals surface area contributed by atoms with Gasteiger partial charge in [0.25, 0.3) is 5.91 Å². The van der Waals surface area contributed by atoms with Gasteiger partial charge in [0, 0.05) is 18.3 Å². The van der Waals surface area contributed by atoms with Gasteiger partial charge in [-0.2, -0.15) is 0 Å². The predicted molar refractivity (Wildman–Crippen MR) is 67.3 cm³/mol. The second-order valence-corrected chi connectivity index (χ2v) is 5.09. The van der Waals surface area contributed by atoms with Crippen LogP contribution in [0, 0.1) is 5.92 Å². The van der Waals surface area contributed by atoms with Crippen molar-refractivity contribution < 1.29 is 14.3 Å². The van der Waals surface area contributed by atoms with Crippen LogP contribution in [0.1, 0.15) is 29.8 Å². The molecule has 3 aliphatic rings. The maximum atomic E-state index is 12.4. The highest BCUT2D eigenvalue weighted by molar-refractivity contribution is 5.94. The van der Waals surface area contributed by atoms with Crippen molar-refractivity contribution in [3.63, 3.8) is 0 Å². The van der Waals surface area contributed by atoms with Crippen LogP contribution in [0.15, 0.2) is 24.4 Å². The highest BCUT2D eigenvalue weighted by Gasteiger charge is 2.52. The molecule has 5 nitrogen and oxygen atoms in total. The lowest BCUT2D eigenvalue weighted by molar-refractivity contribution is -0.155. The summed E-state index contributed by atoms with van der Waals surface area (Å²) in [6.45, 7) is 0. The third kappa shape index (κ3) is 1.89. The van der Waals surface area contributed by atoms with Gasteiger partial charge in [-0.3, -0.25) is 14.6 Å². The summed E-state index contributed by atoms with van der Waals surface area (Å²) in [7, 11) is 1.40. The minimum absolute atomic E-state index is 0.0132. The normalized spacial score (nSPS) is 28.5. The lowest BCUT2D eigenvalue weighted by atomic mass is 9.72. The molecule has 3 fully saturated rings. The summed E-state index contributed by atoms with van der Waals surface area (Å²) in [4.78, 5) is 30.0. The Hall–Kier alpha value is -1.91. The molecule has 1 amide bonds. The van der Waals surface area contributed by atoms with Crippen LogP contribution < -0.4 is 0 Å². The van der Waals surface area contributed by atoms with E-state index in [4.69, 9.17) is 4.74 Å². The molecule has 2 saturated heterocycles. The van der Waals surface area contributed by atoms with Crippen LogP contribution in [0.5, 0.6) is 0 Å². The van der Waals surface area contributed by atoms with E-state index in [1.54, 1.807) is 24.4 Å². The SMILES string of the molecule is COC(=O)C1CCC2CC1N2C(=O)c1ccccn1. The number of fused-ring (bicyclic) bond motifs is 2. The molecule has 19 heavy (non-hydrogen) atoms. The summed E-state index contributed by atoms with van der Waals surface area (Å²) < 4.78 is 4.83. The number of pyridine rings is 1. The fraction of sp³-hybridized carbons (Fsp3) is 0.500. The van der Waals surface area contributed by atoms with Gasteiger partial charge in [0.1, 0.15) is 5.69 Å². The zero-order valence-corrected chi connectivity index (χ0v) is 10.8. The average molecular weight is 260 g/mol. The average Bonchev–Trinajstić information content (AvgIpc) is 2.47. The summed E-state index contributed by atoms with van der Waals surface area (Å²) >= 11 is 0. The Morgan fingerprint density at radius 3 is 2.84 bits per heavy atom. The Kier molecular flexibility index (Phi) is 2.97. The molecule has 3 atom stereocenters. The van der Waals surface area contributed by atoms with E-state index < -0.39 is 0 Å². The van der Waals surface area contributed by atoms with Crippen molar-refractivity contribution in [2.45, 2.75) is 31.3 Å². The Morgan fingerprint density at radius 2 is 2.21 bits per heavy atom. The molecule has 0 N–H and O–H groups in total. The molecule has 1 saturated carbocycles. The standard InChI is InChI=1S/C14H16N2O3/c1-19-14(18)10-6-5-9-8-12(10)16(9)13(17)11-4-2-3-7-15-11/h2-4,7,9-10,12H,5-6,8H2,1H3. The maximum absolute atomic E-state index is 12.4. The number of ether oxygens (including phenoxy) is 1. The topological polar surface area (TPSA) is 59.5 Å². The van der Waals surface area contributed by atoms with Gasteiger partial charge >= 0.3 is 5.97 Å². The van der Waals surface area contributed by atoms with Gasteiger partial charge in [-0.15, -0.1) is 0 Å². The van der Waals surface area contributed by atoms with Crippen molar-refractivity contribution in [2.24, 2.45) is 5.92 Å².